The molecule has 142 valence electrons. The summed E-state index contributed by atoms with van der Waals surface area (Å²) in [5, 5.41) is 47.9. The summed E-state index contributed by atoms with van der Waals surface area (Å²) in [6, 6.07) is 0. The largest absolute Gasteiger partial charge is 1.00 e. The SMILES string of the molecule is CC[O-].O.O.O=C([O-])CC(O)(CC(=O)[O-])C(=O)[O-].O=S(=O)(O)O.[Na+].[Na+].[Na+].[Na+]. The molecule has 0 aromatic carbocycles. The van der Waals surface area contributed by atoms with Crippen LogP contribution in [0.25, 0.3) is 0 Å². The number of hydrogen-bond donors (Lipinski definition) is 3. The second-order valence-corrected chi connectivity index (χ2v) is 4.05. The van der Waals surface area contributed by atoms with Crippen molar-refractivity contribution < 1.29 is 187 Å². The maximum Gasteiger partial charge on any atom is 1.00 e. The molecular weight excluding hydrogens is 444 g/mol. The Hall–Kier alpha value is 2.12. The second-order valence-electron chi connectivity index (χ2n) is 3.15. The third-order valence-electron chi connectivity index (χ3n) is 1.25. The van der Waals surface area contributed by atoms with Crippen LogP contribution in [0.2, 0.25) is 0 Å². The Balaban J connectivity index is -0.0000000289. The van der Waals surface area contributed by atoms with Crippen molar-refractivity contribution in [2.75, 3.05) is 6.61 Å². The van der Waals surface area contributed by atoms with E-state index in [9.17, 15) is 29.7 Å². The van der Waals surface area contributed by atoms with E-state index in [0.29, 0.717) is 0 Å². The Morgan fingerprint density at radius 3 is 1.07 bits per heavy atom. The first kappa shape index (κ1) is 56.9. The van der Waals surface area contributed by atoms with Gasteiger partial charge in [0.15, 0.2) is 0 Å². The van der Waals surface area contributed by atoms with Gasteiger partial charge in [0.05, 0.1) is 5.97 Å². The first-order valence-corrected chi connectivity index (χ1v) is 6.20. The van der Waals surface area contributed by atoms with Gasteiger partial charge < -0.3 is 50.9 Å². The van der Waals surface area contributed by atoms with Gasteiger partial charge in [-0.05, 0) is 0 Å². The van der Waals surface area contributed by atoms with E-state index in [0.717, 1.165) is 0 Å². The average Bonchev–Trinajstić information content (AvgIpc) is 2.12. The molecule has 0 rings (SSSR count). The molecule has 0 saturated heterocycles. The molecule has 0 heterocycles. The molecule has 0 aromatic heterocycles. The average molecular weight is 460 g/mol. The van der Waals surface area contributed by atoms with Crippen LogP contribution in [-0.2, 0) is 24.8 Å². The van der Waals surface area contributed by atoms with Crippen molar-refractivity contribution in [3.63, 3.8) is 0 Å². The molecule has 0 saturated carbocycles. The summed E-state index contributed by atoms with van der Waals surface area (Å²) < 4.78 is 31.6. The number of hydrogen-bond acceptors (Lipinski definition) is 10. The van der Waals surface area contributed by atoms with Crippen molar-refractivity contribution in [2.45, 2.75) is 25.4 Å². The number of rotatable bonds is 5. The number of carbonyl (C=O) groups is 3. The summed E-state index contributed by atoms with van der Waals surface area (Å²) in [5.41, 5.74) is -2.97. The summed E-state index contributed by atoms with van der Waals surface area (Å²) in [6.07, 6.45) is -2.72. The first-order chi connectivity index (χ1) is 9.19. The van der Waals surface area contributed by atoms with Crippen LogP contribution in [0.4, 0.5) is 0 Å². The molecule has 0 aliphatic heterocycles. The van der Waals surface area contributed by atoms with Gasteiger partial charge in [0.2, 0.25) is 0 Å². The summed E-state index contributed by atoms with van der Waals surface area (Å²) in [6.45, 7) is 1.57. The van der Waals surface area contributed by atoms with Gasteiger partial charge in [-0.15, -0.1) is 6.61 Å². The van der Waals surface area contributed by atoms with Crippen molar-refractivity contribution in [1.29, 1.82) is 0 Å². The molecule has 0 fully saturated rings. The molecule has 14 nitrogen and oxygen atoms in total. The van der Waals surface area contributed by atoms with Crippen LogP contribution in [-0.4, -0.2) is 63.7 Å². The Bertz CT molecular complexity index is 432. The predicted molar refractivity (Wildman–Crippen MR) is 61.2 cm³/mol. The zero-order valence-electron chi connectivity index (χ0n) is 15.5. The van der Waals surface area contributed by atoms with Crippen molar-refractivity contribution in [1.82, 2.24) is 0 Å². The van der Waals surface area contributed by atoms with E-state index in [1.165, 1.54) is 0 Å². The minimum absolute atomic E-state index is 0. The van der Waals surface area contributed by atoms with Crippen molar-refractivity contribution in [3.05, 3.63) is 0 Å². The molecule has 0 aromatic rings. The molecular formula is C8H16Na4O14S. The van der Waals surface area contributed by atoms with E-state index in [-0.39, 0.29) is 136 Å². The number of aliphatic hydroxyl groups is 1. The maximum absolute atomic E-state index is 10.1. The van der Waals surface area contributed by atoms with Gasteiger partial charge in [0.1, 0.15) is 5.60 Å². The van der Waals surface area contributed by atoms with Gasteiger partial charge in [-0.2, -0.15) is 8.42 Å². The summed E-state index contributed by atoms with van der Waals surface area (Å²) >= 11 is 0. The monoisotopic (exact) mass is 460 g/mol. The Kier molecular flexibility index (Phi) is 63.9. The fraction of sp³-hybridized carbons (Fsp3) is 0.625. The van der Waals surface area contributed by atoms with Crippen molar-refractivity contribution in [3.8, 4) is 0 Å². The quantitative estimate of drug-likeness (QED) is 0.254. The third-order valence-corrected chi connectivity index (χ3v) is 1.25. The molecule has 0 aliphatic rings. The van der Waals surface area contributed by atoms with E-state index in [1.807, 2.05) is 0 Å². The normalized spacial score (nSPS) is 8.04. The summed E-state index contributed by atoms with van der Waals surface area (Å²) in [4.78, 5) is 30.0. The Morgan fingerprint density at radius 1 is 0.852 bits per heavy atom. The predicted octanol–water partition coefficient (Wildman–Crippen LogP) is -20.2. The van der Waals surface area contributed by atoms with Crippen molar-refractivity contribution >= 4 is 28.3 Å². The van der Waals surface area contributed by atoms with E-state index in [2.05, 4.69) is 0 Å². The van der Waals surface area contributed by atoms with E-state index >= 15 is 0 Å². The van der Waals surface area contributed by atoms with E-state index in [1.54, 1.807) is 6.92 Å². The van der Waals surface area contributed by atoms with Crippen LogP contribution in [0.3, 0.4) is 0 Å². The van der Waals surface area contributed by atoms with Crippen LogP contribution >= 0.6 is 0 Å². The van der Waals surface area contributed by atoms with Gasteiger partial charge in [-0.3, -0.25) is 9.11 Å². The molecule has 0 atom stereocenters. The van der Waals surface area contributed by atoms with Crippen LogP contribution in [0.1, 0.15) is 19.8 Å². The van der Waals surface area contributed by atoms with Gasteiger partial charge in [0, 0.05) is 24.8 Å². The molecule has 19 heteroatoms. The van der Waals surface area contributed by atoms with Crippen molar-refractivity contribution in [2.24, 2.45) is 0 Å². The van der Waals surface area contributed by atoms with Gasteiger partial charge >= 0.3 is 129 Å². The minimum Gasteiger partial charge on any atom is -0.855 e. The van der Waals surface area contributed by atoms with Crippen LogP contribution in [0.15, 0.2) is 0 Å². The molecule has 0 radical (unpaired) electrons. The molecule has 0 aliphatic carbocycles. The first-order valence-electron chi connectivity index (χ1n) is 4.81. The van der Waals surface area contributed by atoms with Crippen LogP contribution in [0.5, 0.6) is 0 Å². The number of carbonyl (C=O) groups excluding carboxylic acids is 3. The Morgan fingerprint density at radius 2 is 1.00 bits per heavy atom. The van der Waals surface area contributed by atoms with Crippen LogP contribution in [0, 0.1) is 0 Å². The number of aliphatic carboxylic acids is 3. The van der Waals surface area contributed by atoms with Gasteiger partial charge in [-0.25, -0.2) is 0 Å². The minimum atomic E-state index is -4.67. The molecule has 0 bridgehead atoms. The maximum atomic E-state index is 10.1. The number of carboxylic acid groups (broad SMARTS) is 3. The third kappa shape index (κ3) is 58.4. The smallest absolute Gasteiger partial charge is 0.855 e. The molecule has 7 N–H and O–H groups in total. The molecule has 0 amide bonds. The van der Waals surface area contributed by atoms with Gasteiger partial charge in [0.25, 0.3) is 0 Å². The fourth-order valence-electron chi connectivity index (χ4n) is 0.684. The topological polar surface area (TPSA) is 301 Å². The number of carboxylic acids is 3. The zero-order valence-corrected chi connectivity index (χ0v) is 24.4. The Labute approximate surface area is 243 Å². The molecule has 27 heavy (non-hydrogen) atoms. The van der Waals surface area contributed by atoms with E-state index < -0.39 is 46.7 Å². The summed E-state index contributed by atoms with van der Waals surface area (Å²) in [7, 11) is -4.67. The summed E-state index contributed by atoms with van der Waals surface area (Å²) in [5.74, 6) is -5.98. The zero-order chi connectivity index (χ0) is 17.9. The molecule has 0 spiro atoms. The van der Waals surface area contributed by atoms with Gasteiger partial charge in [-0.1, -0.05) is 6.92 Å². The molecule has 0 unspecified atom stereocenters. The van der Waals surface area contributed by atoms with E-state index in [4.69, 9.17) is 27.7 Å². The van der Waals surface area contributed by atoms with Crippen LogP contribution < -0.4 is 139 Å². The standard InChI is InChI=1S/C6H8O7.C2H5O.4Na.H2O4S.2H2O/c7-3(8)1-6(13,5(11)12)2-4(9)10;1-2-3;;;;;1-5(2,3)4;;/h13H,1-2H2,(H,7,8)(H,9,10)(H,11,12);2H2,1H3;;;;;(H2,1,2,3,4);2*1H2/q;-1;4*+1;;;/p-3. The second kappa shape index (κ2) is 30.3. The fourth-order valence-corrected chi connectivity index (χ4v) is 0.684.